The Morgan fingerprint density at radius 1 is 0.514 bits per heavy atom. The summed E-state index contributed by atoms with van der Waals surface area (Å²) in [4.78, 5) is 23.5. The number of hydrogen-bond acceptors (Lipinski definition) is 4. The lowest BCUT2D eigenvalue weighted by Crippen LogP contribution is -2.13. The van der Waals surface area contributed by atoms with Crippen molar-refractivity contribution in [3.63, 3.8) is 0 Å². The quantitative estimate of drug-likeness (QED) is 0.0617. The molecule has 0 aromatic rings. The van der Waals surface area contributed by atoms with E-state index in [1.54, 1.807) is 0 Å². The van der Waals surface area contributed by atoms with E-state index in [-0.39, 0.29) is 25.2 Å². The molecular formula is C31H58O4. The highest BCUT2D eigenvalue weighted by Gasteiger charge is 2.05. The molecule has 0 rings (SSSR count). The number of allylic oxidation sites excluding steroid dienone is 1. The van der Waals surface area contributed by atoms with Crippen molar-refractivity contribution in [2.45, 2.75) is 161 Å². The van der Waals surface area contributed by atoms with Crippen molar-refractivity contribution in [1.82, 2.24) is 0 Å². The molecule has 0 aromatic heterocycles. The van der Waals surface area contributed by atoms with Crippen LogP contribution in [0.15, 0.2) is 12.7 Å². The highest BCUT2D eigenvalue weighted by molar-refractivity contribution is 5.70. The molecule has 4 heteroatoms. The first-order valence-electron chi connectivity index (χ1n) is 15.1. The summed E-state index contributed by atoms with van der Waals surface area (Å²) < 4.78 is 10.3. The minimum atomic E-state index is -0.185. The van der Waals surface area contributed by atoms with Gasteiger partial charge in [-0.05, 0) is 25.7 Å². The van der Waals surface area contributed by atoms with Gasteiger partial charge in [0.2, 0.25) is 0 Å². The first-order chi connectivity index (χ1) is 17.2. The maximum absolute atomic E-state index is 11.8. The molecule has 0 atom stereocenters. The third kappa shape index (κ3) is 28.8. The molecule has 0 saturated carbocycles. The molecule has 206 valence electrons. The molecule has 0 fully saturated rings. The lowest BCUT2D eigenvalue weighted by molar-refractivity contribution is -0.152. The van der Waals surface area contributed by atoms with Crippen LogP contribution in [-0.2, 0) is 19.1 Å². The third-order valence-corrected chi connectivity index (χ3v) is 6.63. The van der Waals surface area contributed by atoms with E-state index in [4.69, 9.17) is 9.47 Å². The average Bonchev–Trinajstić information content (AvgIpc) is 2.86. The second-order valence-corrected chi connectivity index (χ2v) is 10.1. The topological polar surface area (TPSA) is 52.6 Å². The average molecular weight is 495 g/mol. The van der Waals surface area contributed by atoms with Gasteiger partial charge < -0.3 is 9.47 Å². The van der Waals surface area contributed by atoms with Crippen molar-refractivity contribution in [1.29, 1.82) is 0 Å². The van der Waals surface area contributed by atoms with Crippen LogP contribution >= 0.6 is 0 Å². The zero-order valence-corrected chi connectivity index (χ0v) is 23.3. The summed E-state index contributed by atoms with van der Waals surface area (Å²) in [7, 11) is 0. The molecule has 0 N–H and O–H groups in total. The molecule has 0 aliphatic carbocycles. The maximum atomic E-state index is 11.8. The Labute approximate surface area is 218 Å². The lowest BCUT2D eigenvalue weighted by Gasteiger charge is -2.07. The number of esters is 2. The monoisotopic (exact) mass is 494 g/mol. The first-order valence-corrected chi connectivity index (χ1v) is 15.1. The van der Waals surface area contributed by atoms with Crippen LogP contribution in [0.25, 0.3) is 0 Å². The molecule has 0 bridgehead atoms. The van der Waals surface area contributed by atoms with E-state index >= 15 is 0 Å². The molecule has 0 radical (unpaired) electrons. The van der Waals surface area contributed by atoms with Gasteiger partial charge in [-0.3, -0.25) is 9.59 Å². The fourth-order valence-electron chi connectivity index (χ4n) is 4.36. The van der Waals surface area contributed by atoms with Gasteiger partial charge in [0.1, 0.15) is 13.2 Å². The summed E-state index contributed by atoms with van der Waals surface area (Å²) >= 11 is 0. The van der Waals surface area contributed by atoms with E-state index in [1.165, 1.54) is 109 Å². The van der Waals surface area contributed by atoms with Crippen LogP contribution in [0, 0.1) is 0 Å². The van der Waals surface area contributed by atoms with E-state index < -0.39 is 0 Å². The van der Waals surface area contributed by atoms with Crippen LogP contribution < -0.4 is 0 Å². The van der Waals surface area contributed by atoms with Crippen LogP contribution in [0.2, 0.25) is 0 Å². The Bertz CT molecular complexity index is 475. The Balaban J connectivity index is 3.26. The molecule has 0 aliphatic rings. The van der Waals surface area contributed by atoms with Crippen LogP contribution in [0.1, 0.15) is 161 Å². The van der Waals surface area contributed by atoms with Gasteiger partial charge in [-0.15, -0.1) is 6.58 Å². The largest absolute Gasteiger partial charge is 0.462 e. The van der Waals surface area contributed by atoms with Gasteiger partial charge >= 0.3 is 11.9 Å². The summed E-state index contributed by atoms with van der Waals surface area (Å²) in [6, 6.07) is 0. The molecule has 0 unspecified atom stereocenters. The predicted octanol–water partition coefficient (Wildman–Crippen LogP) is 9.64. The number of unbranched alkanes of at least 4 members (excludes halogenated alkanes) is 20. The van der Waals surface area contributed by atoms with Crippen molar-refractivity contribution in [3.05, 3.63) is 12.7 Å². The number of ether oxygens (including phenoxy) is 2. The van der Waals surface area contributed by atoms with E-state index in [9.17, 15) is 9.59 Å². The number of carbonyl (C=O) groups is 2. The molecule has 0 amide bonds. The van der Waals surface area contributed by atoms with E-state index in [1.807, 2.05) is 6.08 Å². The van der Waals surface area contributed by atoms with Gasteiger partial charge in [-0.2, -0.15) is 0 Å². The standard InChI is InChI=1S/C31H58O4/c1-3-5-7-9-11-13-14-15-16-17-18-19-21-23-25-27-31(33)35-29-28-34-30(32)26-24-22-20-12-10-8-6-4-2/h4H,2-3,5-29H2,1H3. The Morgan fingerprint density at radius 3 is 1.17 bits per heavy atom. The Kier molecular flexibility index (Phi) is 27.8. The summed E-state index contributed by atoms with van der Waals surface area (Å²) in [5, 5.41) is 0. The van der Waals surface area contributed by atoms with Crippen molar-refractivity contribution in [2.75, 3.05) is 13.2 Å². The molecule has 35 heavy (non-hydrogen) atoms. The van der Waals surface area contributed by atoms with Gasteiger partial charge in [0, 0.05) is 12.8 Å². The normalized spacial score (nSPS) is 10.9. The van der Waals surface area contributed by atoms with Crippen LogP contribution in [0.5, 0.6) is 0 Å². The van der Waals surface area contributed by atoms with E-state index in [2.05, 4.69) is 13.5 Å². The fraction of sp³-hybridized carbons (Fsp3) is 0.871. The van der Waals surface area contributed by atoms with Gasteiger partial charge in [0.15, 0.2) is 0 Å². The molecule has 0 saturated heterocycles. The summed E-state index contributed by atoms with van der Waals surface area (Å²) in [5.41, 5.74) is 0. The van der Waals surface area contributed by atoms with Gasteiger partial charge in [0.25, 0.3) is 0 Å². The Morgan fingerprint density at radius 2 is 0.829 bits per heavy atom. The molecular weight excluding hydrogens is 436 g/mol. The van der Waals surface area contributed by atoms with Crippen molar-refractivity contribution in [3.8, 4) is 0 Å². The van der Waals surface area contributed by atoms with Gasteiger partial charge in [0.05, 0.1) is 0 Å². The molecule has 0 aromatic carbocycles. The van der Waals surface area contributed by atoms with Crippen molar-refractivity contribution in [2.24, 2.45) is 0 Å². The minimum Gasteiger partial charge on any atom is -0.462 e. The number of hydrogen-bond donors (Lipinski definition) is 0. The fourth-order valence-corrected chi connectivity index (χ4v) is 4.36. The minimum absolute atomic E-state index is 0.172. The predicted molar refractivity (Wildman–Crippen MR) is 149 cm³/mol. The lowest BCUT2D eigenvalue weighted by atomic mass is 10.0. The number of rotatable bonds is 28. The second kappa shape index (κ2) is 28.9. The molecule has 0 aliphatic heterocycles. The zero-order valence-electron chi connectivity index (χ0n) is 23.3. The molecule has 0 spiro atoms. The van der Waals surface area contributed by atoms with Gasteiger partial charge in [-0.1, -0.05) is 129 Å². The smallest absolute Gasteiger partial charge is 0.305 e. The summed E-state index contributed by atoms with van der Waals surface area (Å²) in [6.45, 7) is 6.35. The summed E-state index contributed by atoms with van der Waals surface area (Å²) in [6.07, 6.45) is 30.5. The summed E-state index contributed by atoms with van der Waals surface area (Å²) in [5.74, 6) is -0.359. The highest BCUT2D eigenvalue weighted by atomic mass is 16.6. The Hall–Kier alpha value is -1.32. The van der Waals surface area contributed by atoms with E-state index in [0.29, 0.717) is 12.8 Å². The number of carbonyl (C=O) groups excluding carboxylic acids is 2. The SMILES string of the molecule is C=CCCCCCCCCC(=O)OCCOC(=O)CCCCCCCCCCCCCCCCC. The van der Waals surface area contributed by atoms with E-state index in [0.717, 1.165) is 32.1 Å². The van der Waals surface area contributed by atoms with Crippen LogP contribution in [0.3, 0.4) is 0 Å². The highest BCUT2D eigenvalue weighted by Crippen LogP contribution is 2.14. The third-order valence-electron chi connectivity index (χ3n) is 6.63. The van der Waals surface area contributed by atoms with Crippen molar-refractivity contribution >= 4 is 11.9 Å². The molecule has 0 heterocycles. The second-order valence-electron chi connectivity index (χ2n) is 10.1. The molecule has 4 nitrogen and oxygen atoms in total. The maximum Gasteiger partial charge on any atom is 0.305 e. The van der Waals surface area contributed by atoms with Crippen LogP contribution in [-0.4, -0.2) is 25.2 Å². The first kappa shape index (κ1) is 33.7. The van der Waals surface area contributed by atoms with Gasteiger partial charge in [-0.25, -0.2) is 0 Å². The van der Waals surface area contributed by atoms with Crippen molar-refractivity contribution < 1.29 is 19.1 Å². The van der Waals surface area contributed by atoms with Crippen LogP contribution in [0.4, 0.5) is 0 Å². The zero-order chi connectivity index (χ0) is 25.7.